The lowest BCUT2D eigenvalue weighted by Gasteiger charge is -2.18. The number of carbonyl (C=O) groups is 2. The van der Waals surface area contributed by atoms with Crippen LogP contribution in [0, 0.1) is 0 Å². The summed E-state index contributed by atoms with van der Waals surface area (Å²) in [7, 11) is -4.77. The lowest BCUT2D eigenvalue weighted by Crippen LogP contribution is -2.29. The van der Waals surface area contributed by atoms with Crippen molar-refractivity contribution >= 4 is 19.8 Å². The molecule has 9 heteroatoms. The van der Waals surface area contributed by atoms with Gasteiger partial charge in [-0.25, -0.2) is 4.57 Å². The van der Waals surface area contributed by atoms with Gasteiger partial charge in [0.1, 0.15) is 6.61 Å². The van der Waals surface area contributed by atoms with Gasteiger partial charge in [0.05, 0.1) is 6.61 Å². The fourth-order valence-corrected chi connectivity index (χ4v) is 6.77. The summed E-state index contributed by atoms with van der Waals surface area (Å²) >= 11 is 0. The van der Waals surface area contributed by atoms with Crippen LogP contribution >= 0.6 is 7.82 Å². The highest BCUT2D eigenvalue weighted by Gasteiger charge is 2.22. The van der Waals surface area contributed by atoms with Crippen molar-refractivity contribution in [2.75, 3.05) is 13.2 Å². The molecular weight excluding hydrogens is 735 g/mol. The molecule has 0 bridgehead atoms. The van der Waals surface area contributed by atoms with Crippen LogP contribution in [0.15, 0.2) is 60.8 Å². The van der Waals surface area contributed by atoms with Crippen LogP contribution in [-0.4, -0.2) is 41.0 Å². The van der Waals surface area contributed by atoms with Crippen LogP contribution in [0.3, 0.4) is 0 Å². The van der Waals surface area contributed by atoms with E-state index in [1.165, 1.54) is 122 Å². The van der Waals surface area contributed by atoms with E-state index >= 15 is 0 Å². The molecule has 0 fully saturated rings. The van der Waals surface area contributed by atoms with Crippen molar-refractivity contribution < 1.29 is 37.9 Å². The number of allylic oxidation sites excluding steroid dienone is 10. The minimum Gasteiger partial charge on any atom is -0.462 e. The minimum absolute atomic E-state index is 0.133. The third kappa shape index (κ3) is 46.3. The Labute approximate surface area is 349 Å². The standard InChI is InChI=1S/C48H85O8P/c1-3-5-7-9-11-13-15-17-19-21-22-23-24-25-27-28-30-32-34-36-38-40-42-47(49)54-44-46(45-55-57(51,52)53)56-48(50)43-41-39-37-35-33-31-29-26-20-18-16-14-12-10-8-6-4-2/h6,8,12,14,18,20,29,31,35,37,46H,3-5,7,9-11,13,15-17,19,21-28,30,32-34,36,38-45H2,1-2H3,(H2,51,52,53)/b8-6+,14-12+,20-18+,31-29+,37-35+/t46-/m1/s1. The van der Waals surface area contributed by atoms with Crippen LogP contribution in [0.4, 0.5) is 0 Å². The molecule has 1 atom stereocenters. The summed E-state index contributed by atoms with van der Waals surface area (Å²) in [5.41, 5.74) is 0. The zero-order valence-corrected chi connectivity index (χ0v) is 37.4. The van der Waals surface area contributed by atoms with Gasteiger partial charge >= 0.3 is 19.8 Å². The number of carbonyl (C=O) groups excluding carboxylic acids is 2. The molecule has 0 spiro atoms. The van der Waals surface area contributed by atoms with Gasteiger partial charge in [0.15, 0.2) is 6.10 Å². The van der Waals surface area contributed by atoms with E-state index in [1.807, 2.05) is 6.08 Å². The average molecular weight is 821 g/mol. The smallest absolute Gasteiger partial charge is 0.462 e. The summed E-state index contributed by atoms with van der Waals surface area (Å²) in [6.45, 7) is 3.55. The van der Waals surface area contributed by atoms with Gasteiger partial charge < -0.3 is 19.3 Å². The normalized spacial score (nSPS) is 13.0. The lowest BCUT2D eigenvalue weighted by atomic mass is 10.0. The number of phosphoric acid groups is 1. The predicted octanol–water partition coefficient (Wildman–Crippen LogP) is 14.5. The first kappa shape index (κ1) is 54.8. The van der Waals surface area contributed by atoms with Gasteiger partial charge in [-0.2, -0.15) is 0 Å². The van der Waals surface area contributed by atoms with E-state index in [4.69, 9.17) is 19.3 Å². The van der Waals surface area contributed by atoms with E-state index < -0.39 is 32.5 Å². The largest absolute Gasteiger partial charge is 0.469 e. The van der Waals surface area contributed by atoms with E-state index in [0.717, 1.165) is 51.4 Å². The predicted molar refractivity (Wildman–Crippen MR) is 239 cm³/mol. The summed E-state index contributed by atoms with van der Waals surface area (Å²) in [6, 6.07) is 0. The Bertz CT molecular complexity index is 1110. The second kappa shape index (κ2) is 43.3. The van der Waals surface area contributed by atoms with Crippen molar-refractivity contribution in [3.63, 3.8) is 0 Å². The molecule has 0 amide bonds. The maximum absolute atomic E-state index is 12.4. The number of esters is 2. The minimum atomic E-state index is -4.77. The van der Waals surface area contributed by atoms with E-state index in [9.17, 15) is 14.2 Å². The number of hydrogen-bond acceptors (Lipinski definition) is 6. The summed E-state index contributed by atoms with van der Waals surface area (Å²) < 4.78 is 26.4. The highest BCUT2D eigenvalue weighted by atomic mass is 31.2. The average Bonchev–Trinajstić information content (AvgIpc) is 3.18. The van der Waals surface area contributed by atoms with E-state index in [1.54, 1.807) is 0 Å². The van der Waals surface area contributed by atoms with Crippen molar-refractivity contribution in [1.82, 2.24) is 0 Å². The Balaban J connectivity index is 3.90. The number of unbranched alkanes of at least 4 members (excludes halogenated alkanes) is 22. The number of phosphoric ester groups is 1. The maximum atomic E-state index is 12.4. The monoisotopic (exact) mass is 821 g/mol. The summed E-state index contributed by atoms with van der Waals surface area (Å²) in [5.74, 6) is -0.948. The van der Waals surface area contributed by atoms with Crippen molar-refractivity contribution in [2.24, 2.45) is 0 Å². The first-order valence-corrected chi connectivity index (χ1v) is 24.6. The van der Waals surface area contributed by atoms with Crippen LogP contribution in [0.25, 0.3) is 0 Å². The molecule has 8 nitrogen and oxygen atoms in total. The lowest BCUT2D eigenvalue weighted by molar-refractivity contribution is -0.161. The zero-order valence-electron chi connectivity index (χ0n) is 36.5. The zero-order chi connectivity index (χ0) is 41.8. The van der Waals surface area contributed by atoms with Crippen LogP contribution in [0.5, 0.6) is 0 Å². The highest BCUT2D eigenvalue weighted by molar-refractivity contribution is 7.46. The third-order valence-electron chi connectivity index (χ3n) is 9.80. The second-order valence-corrected chi connectivity index (χ2v) is 16.6. The Hall–Kier alpha value is -2.25. The molecule has 0 saturated carbocycles. The second-order valence-electron chi connectivity index (χ2n) is 15.4. The third-order valence-corrected chi connectivity index (χ3v) is 10.3. The highest BCUT2D eigenvalue weighted by Crippen LogP contribution is 2.36. The Morgan fingerprint density at radius 1 is 0.474 bits per heavy atom. The molecule has 0 aliphatic rings. The topological polar surface area (TPSA) is 119 Å². The van der Waals surface area contributed by atoms with Gasteiger partial charge in [-0.05, 0) is 51.4 Å². The Morgan fingerprint density at radius 2 is 0.842 bits per heavy atom. The summed E-state index contributed by atoms with van der Waals surface area (Å²) in [6.07, 6.45) is 55.3. The van der Waals surface area contributed by atoms with Crippen molar-refractivity contribution in [3.8, 4) is 0 Å². The Morgan fingerprint density at radius 3 is 1.25 bits per heavy atom. The molecule has 0 aliphatic carbocycles. The van der Waals surface area contributed by atoms with Crippen LogP contribution in [-0.2, 0) is 28.2 Å². The number of hydrogen-bond donors (Lipinski definition) is 2. The van der Waals surface area contributed by atoms with Gasteiger partial charge in [0.25, 0.3) is 0 Å². The molecule has 0 aliphatic heterocycles. The first-order chi connectivity index (χ1) is 27.8. The van der Waals surface area contributed by atoms with Gasteiger partial charge in [-0.3, -0.25) is 14.1 Å². The summed E-state index contributed by atoms with van der Waals surface area (Å²) in [4.78, 5) is 42.9. The van der Waals surface area contributed by atoms with Gasteiger partial charge in [-0.15, -0.1) is 0 Å². The number of ether oxygens (including phenoxy) is 2. The van der Waals surface area contributed by atoms with Crippen LogP contribution < -0.4 is 0 Å². The molecule has 0 aromatic carbocycles. The van der Waals surface area contributed by atoms with Crippen molar-refractivity contribution in [3.05, 3.63) is 60.8 Å². The van der Waals surface area contributed by atoms with Gasteiger partial charge in [-0.1, -0.05) is 209 Å². The molecule has 0 unspecified atom stereocenters. The van der Waals surface area contributed by atoms with Crippen LogP contribution in [0.1, 0.15) is 213 Å². The van der Waals surface area contributed by atoms with E-state index in [-0.39, 0.29) is 19.4 Å². The molecular formula is C48H85O8P. The number of rotatable bonds is 42. The van der Waals surface area contributed by atoms with Gasteiger partial charge in [0.2, 0.25) is 0 Å². The molecule has 57 heavy (non-hydrogen) atoms. The fourth-order valence-electron chi connectivity index (χ4n) is 6.41. The molecule has 330 valence electrons. The Kier molecular flexibility index (Phi) is 41.6. The fraction of sp³-hybridized carbons (Fsp3) is 0.750. The SMILES string of the molecule is CC/C=C/C/C=C/C/C=C/C/C=C/C/C=C/CCCC(=O)O[C@H](COC(=O)CCCCCCCCCCCCCCCCCCCCCCCC)COP(=O)(O)O. The molecule has 0 radical (unpaired) electrons. The molecule has 0 rings (SSSR count). The molecule has 2 N–H and O–H groups in total. The van der Waals surface area contributed by atoms with Crippen molar-refractivity contribution in [2.45, 2.75) is 219 Å². The maximum Gasteiger partial charge on any atom is 0.469 e. The van der Waals surface area contributed by atoms with Crippen LogP contribution in [0.2, 0.25) is 0 Å². The molecule has 0 aromatic heterocycles. The van der Waals surface area contributed by atoms with Crippen molar-refractivity contribution in [1.29, 1.82) is 0 Å². The van der Waals surface area contributed by atoms with E-state index in [0.29, 0.717) is 12.8 Å². The summed E-state index contributed by atoms with van der Waals surface area (Å²) in [5, 5.41) is 0. The molecule has 0 aromatic rings. The molecule has 0 heterocycles. The van der Waals surface area contributed by atoms with Gasteiger partial charge in [0, 0.05) is 12.8 Å². The molecule has 0 saturated heterocycles. The first-order valence-electron chi connectivity index (χ1n) is 23.1. The van der Waals surface area contributed by atoms with E-state index in [2.05, 4.69) is 73.1 Å². The quantitative estimate of drug-likeness (QED) is 0.0270.